The van der Waals surface area contributed by atoms with E-state index >= 15 is 0 Å². The van der Waals surface area contributed by atoms with Gasteiger partial charge in [-0.3, -0.25) is 9.88 Å². The normalized spacial score (nSPS) is 17.9. The minimum absolute atomic E-state index is 0.548. The predicted molar refractivity (Wildman–Crippen MR) is 118 cm³/mol. The molecule has 29 heavy (non-hydrogen) atoms. The SMILES string of the molecule is CCc1cc(N2CCC(C)N(Cc3ccccc3)CC2)nc(-c2ccncc2)n1. The number of aryl methyl sites for hydroxylation is 1. The lowest BCUT2D eigenvalue weighted by Gasteiger charge is -2.26. The summed E-state index contributed by atoms with van der Waals surface area (Å²) in [6.45, 7) is 8.52. The number of hydrogen-bond donors (Lipinski definition) is 0. The zero-order valence-electron chi connectivity index (χ0n) is 17.3. The van der Waals surface area contributed by atoms with Crippen LogP contribution in [0.2, 0.25) is 0 Å². The highest BCUT2D eigenvalue weighted by Crippen LogP contribution is 2.23. The molecule has 0 amide bonds. The van der Waals surface area contributed by atoms with Gasteiger partial charge in [-0.1, -0.05) is 37.3 Å². The zero-order valence-corrected chi connectivity index (χ0v) is 17.3. The average Bonchev–Trinajstić information content (AvgIpc) is 2.96. The third-order valence-electron chi connectivity index (χ3n) is 5.72. The Bertz CT molecular complexity index is 913. The van der Waals surface area contributed by atoms with Crippen LogP contribution < -0.4 is 4.90 Å². The molecule has 1 fully saturated rings. The van der Waals surface area contributed by atoms with E-state index in [1.165, 1.54) is 5.56 Å². The Morgan fingerprint density at radius 2 is 1.76 bits per heavy atom. The molecule has 4 rings (SSSR count). The molecular formula is C24H29N5. The number of hydrogen-bond acceptors (Lipinski definition) is 5. The second-order valence-electron chi connectivity index (χ2n) is 7.71. The van der Waals surface area contributed by atoms with Crippen molar-refractivity contribution in [2.45, 2.75) is 39.3 Å². The first-order valence-corrected chi connectivity index (χ1v) is 10.5. The molecule has 0 aliphatic carbocycles. The van der Waals surface area contributed by atoms with Crippen molar-refractivity contribution in [2.24, 2.45) is 0 Å². The van der Waals surface area contributed by atoms with Crippen LogP contribution >= 0.6 is 0 Å². The van der Waals surface area contributed by atoms with Gasteiger partial charge in [-0.05, 0) is 37.5 Å². The Balaban J connectivity index is 1.54. The van der Waals surface area contributed by atoms with E-state index in [0.717, 1.165) is 61.9 Å². The van der Waals surface area contributed by atoms with Gasteiger partial charge in [-0.15, -0.1) is 0 Å². The highest BCUT2D eigenvalue weighted by molar-refractivity contribution is 5.57. The van der Waals surface area contributed by atoms with Gasteiger partial charge in [0.25, 0.3) is 0 Å². The fourth-order valence-electron chi connectivity index (χ4n) is 3.84. The van der Waals surface area contributed by atoms with Crippen LogP contribution in [-0.4, -0.2) is 45.5 Å². The quantitative estimate of drug-likeness (QED) is 0.656. The standard InChI is InChI=1S/C24H29N5/c1-3-22-17-23(27-24(26-22)21-9-12-25-13-10-21)28-14-11-19(2)29(16-15-28)18-20-7-5-4-6-8-20/h4-10,12-13,17,19H,3,11,14-16,18H2,1-2H3. The summed E-state index contributed by atoms with van der Waals surface area (Å²) in [5.41, 5.74) is 3.48. The molecule has 1 aliphatic rings. The van der Waals surface area contributed by atoms with Crippen molar-refractivity contribution in [3.05, 3.63) is 72.2 Å². The van der Waals surface area contributed by atoms with Crippen LogP contribution in [-0.2, 0) is 13.0 Å². The highest BCUT2D eigenvalue weighted by Gasteiger charge is 2.22. The molecule has 150 valence electrons. The number of nitrogens with zero attached hydrogens (tertiary/aromatic N) is 5. The van der Waals surface area contributed by atoms with E-state index in [1.54, 1.807) is 12.4 Å². The zero-order chi connectivity index (χ0) is 20.1. The molecular weight excluding hydrogens is 358 g/mol. The molecule has 5 heteroatoms. The number of anilines is 1. The van der Waals surface area contributed by atoms with Crippen LogP contribution in [0.4, 0.5) is 5.82 Å². The van der Waals surface area contributed by atoms with Gasteiger partial charge in [0.05, 0.1) is 0 Å². The van der Waals surface area contributed by atoms with Gasteiger partial charge in [0.2, 0.25) is 0 Å². The van der Waals surface area contributed by atoms with E-state index in [0.29, 0.717) is 6.04 Å². The summed E-state index contributed by atoms with van der Waals surface area (Å²) < 4.78 is 0. The number of aromatic nitrogens is 3. The minimum atomic E-state index is 0.548. The Morgan fingerprint density at radius 3 is 2.52 bits per heavy atom. The van der Waals surface area contributed by atoms with Crippen LogP contribution in [0.15, 0.2) is 60.9 Å². The van der Waals surface area contributed by atoms with Gasteiger partial charge in [0.15, 0.2) is 5.82 Å². The Labute approximate surface area is 173 Å². The van der Waals surface area contributed by atoms with Crippen molar-refractivity contribution in [3.8, 4) is 11.4 Å². The highest BCUT2D eigenvalue weighted by atomic mass is 15.3. The monoisotopic (exact) mass is 387 g/mol. The molecule has 0 saturated carbocycles. The van der Waals surface area contributed by atoms with Crippen molar-refractivity contribution >= 4 is 5.82 Å². The first-order chi connectivity index (χ1) is 14.2. The largest absolute Gasteiger partial charge is 0.355 e. The third-order valence-corrected chi connectivity index (χ3v) is 5.72. The lowest BCUT2D eigenvalue weighted by atomic mass is 10.1. The second kappa shape index (κ2) is 9.14. The Morgan fingerprint density at radius 1 is 0.966 bits per heavy atom. The molecule has 0 spiro atoms. The summed E-state index contributed by atoms with van der Waals surface area (Å²) >= 11 is 0. The molecule has 0 N–H and O–H groups in total. The molecule has 1 saturated heterocycles. The van der Waals surface area contributed by atoms with Gasteiger partial charge in [0, 0.05) is 61.9 Å². The second-order valence-corrected chi connectivity index (χ2v) is 7.71. The molecule has 5 nitrogen and oxygen atoms in total. The maximum atomic E-state index is 4.92. The summed E-state index contributed by atoms with van der Waals surface area (Å²) in [7, 11) is 0. The molecule has 1 aliphatic heterocycles. The molecule has 3 aromatic rings. The minimum Gasteiger partial charge on any atom is -0.355 e. The molecule has 0 bridgehead atoms. The van der Waals surface area contributed by atoms with E-state index in [9.17, 15) is 0 Å². The summed E-state index contributed by atoms with van der Waals surface area (Å²) in [6.07, 6.45) is 5.62. The predicted octanol–water partition coefficient (Wildman–Crippen LogP) is 4.20. The van der Waals surface area contributed by atoms with Gasteiger partial charge in [-0.25, -0.2) is 9.97 Å². The maximum absolute atomic E-state index is 4.92. The molecule has 3 heterocycles. The first-order valence-electron chi connectivity index (χ1n) is 10.5. The maximum Gasteiger partial charge on any atom is 0.161 e. The lowest BCUT2D eigenvalue weighted by Crippen LogP contribution is -2.34. The fourth-order valence-corrected chi connectivity index (χ4v) is 3.84. The van der Waals surface area contributed by atoms with Crippen LogP contribution in [0, 0.1) is 0 Å². The van der Waals surface area contributed by atoms with Crippen molar-refractivity contribution in [2.75, 3.05) is 24.5 Å². The third kappa shape index (κ3) is 4.80. The number of rotatable bonds is 5. The van der Waals surface area contributed by atoms with Gasteiger partial charge >= 0.3 is 0 Å². The van der Waals surface area contributed by atoms with Crippen LogP contribution in [0.5, 0.6) is 0 Å². The molecule has 1 atom stereocenters. The van der Waals surface area contributed by atoms with Gasteiger partial charge < -0.3 is 4.90 Å². The van der Waals surface area contributed by atoms with E-state index in [-0.39, 0.29) is 0 Å². The van der Waals surface area contributed by atoms with Crippen molar-refractivity contribution < 1.29 is 0 Å². The van der Waals surface area contributed by atoms with Gasteiger partial charge in [-0.2, -0.15) is 0 Å². The molecule has 1 aromatic carbocycles. The van der Waals surface area contributed by atoms with Crippen LogP contribution in [0.1, 0.15) is 31.5 Å². The Kier molecular flexibility index (Phi) is 6.15. The molecule has 2 aromatic heterocycles. The number of pyridine rings is 1. The topological polar surface area (TPSA) is 45.2 Å². The summed E-state index contributed by atoms with van der Waals surface area (Å²) in [5, 5.41) is 0. The molecule has 1 unspecified atom stereocenters. The van der Waals surface area contributed by atoms with Gasteiger partial charge in [0.1, 0.15) is 5.82 Å². The van der Waals surface area contributed by atoms with E-state index in [1.807, 2.05) is 12.1 Å². The van der Waals surface area contributed by atoms with Crippen LogP contribution in [0.25, 0.3) is 11.4 Å². The summed E-state index contributed by atoms with van der Waals surface area (Å²) in [4.78, 5) is 18.8. The number of benzene rings is 1. The van der Waals surface area contributed by atoms with E-state index in [2.05, 4.69) is 65.0 Å². The van der Waals surface area contributed by atoms with E-state index < -0.39 is 0 Å². The fraction of sp³-hybridized carbons (Fsp3) is 0.375. The van der Waals surface area contributed by atoms with Crippen LogP contribution in [0.3, 0.4) is 0 Å². The van der Waals surface area contributed by atoms with Crippen molar-refractivity contribution in [1.29, 1.82) is 0 Å². The average molecular weight is 388 g/mol. The first kappa shape index (κ1) is 19.5. The summed E-state index contributed by atoms with van der Waals surface area (Å²) in [5.74, 6) is 1.83. The molecule has 0 radical (unpaired) electrons. The Hall–Kier alpha value is -2.79. The smallest absolute Gasteiger partial charge is 0.161 e. The lowest BCUT2D eigenvalue weighted by molar-refractivity contribution is 0.212. The van der Waals surface area contributed by atoms with Crippen molar-refractivity contribution in [1.82, 2.24) is 19.9 Å². The van der Waals surface area contributed by atoms with Crippen molar-refractivity contribution in [3.63, 3.8) is 0 Å². The van der Waals surface area contributed by atoms with E-state index in [4.69, 9.17) is 9.97 Å². The summed E-state index contributed by atoms with van der Waals surface area (Å²) in [6, 6.07) is 17.4.